The lowest BCUT2D eigenvalue weighted by Gasteiger charge is -2.23. The summed E-state index contributed by atoms with van der Waals surface area (Å²) in [5.41, 5.74) is 10.1. The van der Waals surface area contributed by atoms with Crippen molar-refractivity contribution in [3.8, 4) is 0 Å². The van der Waals surface area contributed by atoms with Crippen molar-refractivity contribution >= 4 is 53.5 Å². The predicted molar refractivity (Wildman–Crippen MR) is 235 cm³/mol. The second-order valence-corrected chi connectivity index (χ2v) is 15.0. The highest BCUT2D eigenvalue weighted by Crippen LogP contribution is 2.09. The lowest BCUT2D eigenvalue weighted by Crippen LogP contribution is -2.55. The first-order chi connectivity index (χ1) is 31.2. The van der Waals surface area contributed by atoms with Crippen molar-refractivity contribution in [2.45, 2.75) is 114 Å². The van der Waals surface area contributed by atoms with Crippen LogP contribution in [0.15, 0.2) is 65.8 Å². The normalized spacial score (nSPS) is 12.4. The van der Waals surface area contributed by atoms with Crippen LogP contribution in [0.1, 0.15) is 88.2 Å². The Balaban J connectivity index is 1.73. The second kappa shape index (κ2) is 31.6. The Bertz CT molecular complexity index is 1910. The van der Waals surface area contributed by atoms with E-state index in [0.29, 0.717) is 45.1 Å². The van der Waals surface area contributed by atoms with Gasteiger partial charge in [0.2, 0.25) is 29.5 Å². The van der Waals surface area contributed by atoms with Crippen LogP contribution in [0.5, 0.6) is 0 Å². The Morgan fingerprint density at radius 1 is 0.508 bits per heavy atom. The lowest BCUT2D eigenvalue weighted by atomic mass is 10.0. The van der Waals surface area contributed by atoms with Gasteiger partial charge in [0.15, 0.2) is 0 Å². The highest BCUT2D eigenvalue weighted by atomic mass is 16.4. The van der Waals surface area contributed by atoms with E-state index in [1.54, 1.807) is 24.3 Å². The molecule has 0 aliphatic rings. The van der Waals surface area contributed by atoms with E-state index in [2.05, 4.69) is 47.2 Å². The molecule has 22 nitrogen and oxygen atoms in total. The quantitative estimate of drug-likeness (QED) is 0.0213. The summed E-state index contributed by atoms with van der Waals surface area (Å²) in [6, 6.07) is 12.2. The maximum Gasteiger partial charge on any atom is 0.326 e. The molecule has 7 amide bonds. The third-order valence-electron chi connectivity index (χ3n) is 9.72. The molecule has 65 heavy (non-hydrogen) atoms. The zero-order valence-corrected chi connectivity index (χ0v) is 36.2. The van der Waals surface area contributed by atoms with E-state index in [0.717, 1.165) is 11.1 Å². The van der Waals surface area contributed by atoms with Crippen molar-refractivity contribution in [3.63, 3.8) is 0 Å². The van der Waals surface area contributed by atoms with Crippen LogP contribution in [0, 0.1) is 0 Å². The van der Waals surface area contributed by atoms with Gasteiger partial charge in [0.05, 0.1) is 0 Å². The summed E-state index contributed by atoms with van der Waals surface area (Å²) in [6.45, 7) is 0.983. The number of hydrogen-bond donors (Lipinski definition) is 10. The molecule has 2 aromatic rings. The smallest absolute Gasteiger partial charge is 0.326 e. The van der Waals surface area contributed by atoms with Crippen molar-refractivity contribution in [1.29, 1.82) is 0 Å². The molecule has 10 N–H and O–H groups in total. The van der Waals surface area contributed by atoms with Crippen LogP contribution in [0.3, 0.4) is 0 Å². The van der Waals surface area contributed by atoms with Gasteiger partial charge in [-0.05, 0) is 61.6 Å². The Morgan fingerprint density at radius 2 is 1.02 bits per heavy atom. The number of carbonyl (C=O) groups excluding carboxylic acids is 6. The van der Waals surface area contributed by atoms with Crippen LogP contribution < -0.4 is 37.2 Å². The summed E-state index contributed by atoms with van der Waals surface area (Å²) in [4.78, 5) is 113. The van der Waals surface area contributed by atoms with Crippen LogP contribution in [0.25, 0.3) is 10.4 Å². The van der Waals surface area contributed by atoms with Gasteiger partial charge in [-0.3, -0.25) is 28.8 Å². The summed E-state index contributed by atoms with van der Waals surface area (Å²) in [6.07, 6.45) is 2.12. The first kappa shape index (κ1) is 53.9. The Kier molecular flexibility index (Phi) is 26.2. The molecule has 2 aromatic carbocycles. The van der Waals surface area contributed by atoms with Crippen molar-refractivity contribution in [3.05, 3.63) is 82.2 Å². The number of rotatable bonds is 33. The molecular formula is C43H60N10O12. The number of unbranched alkanes of at least 4 members (excludes halogenated alkanes) is 3. The molecule has 22 heteroatoms. The average Bonchev–Trinajstić information content (AvgIpc) is 3.27. The van der Waals surface area contributed by atoms with Crippen LogP contribution in [0.4, 0.5) is 4.79 Å². The SMILES string of the molecule is [N-]=[N+]=NCCCNC(=O)[C@H](Cc1ccccc1)NC(=O)[C@H](Cc1ccccc1)NC(=O)CCC(=O)NCCCCCC(=O)NCCCC[C@H](NC(=O)N[C@@H](CCC(=O)O)C(=O)O)C(=O)O. The molecule has 4 atom stereocenters. The van der Waals surface area contributed by atoms with Gasteiger partial charge in [0.1, 0.15) is 24.2 Å². The van der Waals surface area contributed by atoms with Crippen LogP contribution >= 0.6 is 0 Å². The lowest BCUT2D eigenvalue weighted by molar-refractivity contribution is -0.141. The van der Waals surface area contributed by atoms with Gasteiger partial charge >= 0.3 is 23.9 Å². The number of carboxylic acids is 3. The molecule has 0 spiro atoms. The topological polar surface area (TPSA) is 347 Å². The number of urea groups is 1. The molecule has 354 valence electrons. The number of nitrogens with zero attached hydrogens (tertiary/aromatic N) is 3. The standard InChI is InChI=1S/C43H60N10O12/c44-53-48-26-12-25-47-39(59)33(27-29-13-4-1-5-14-29)50-40(60)34(28-30-15-6-2-7-16-30)49-37(56)21-20-36(55)46-23-10-3-8-18-35(54)45-24-11-9-17-31(41(61)62)51-43(65)52-32(42(63)64)19-22-38(57)58/h1-2,4-7,13-16,31-34H,3,8-12,17-28H2,(H,45,54)(H,46,55)(H,47,59)(H,49,56)(H,50,60)(H,57,58)(H,61,62)(H,63,64)(H2,51,52,65)/t31-,32-,33-,34-/m0/s1. The molecule has 0 unspecified atom stereocenters. The van der Waals surface area contributed by atoms with Gasteiger partial charge in [-0.15, -0.1) is 0 Å². The third kappa shape index (κ3) is 24.9. The zero-order chi connectivity index (χ0) is 47.8. The number of azide groups is 1. The molecule has 0 bridgehead atoms. The fraction of sp³-hybridized carbons (Fsp3) is 0.512. The van der Waals surface area contributed by atoms with Crippen LogP contribution in [-0.2, 0) is 51.2 Å². The molecule has 0 radical (unpaired) electrons. The Labute approximate surface area is 376 Å². The number of aliphatic carboxylic acids is 3. The first-order valence-electron chi connectivity index (χ1n) is 21.4. The molecule has 2 rings (SSSR count). The number of amides is 7. The number of carboxylic acid groups (broad SMARTS) is 3. The van der Waals surface area contributed by atoms with Crippen molar-refractivity contribution in [1.82, 2.24) is 37.2 Å². The highest BCUT2D eigenvalue weighted by molar-refractivity contribution is 5.93. The molecule has 0 aliphatic heterocycles. The van der Waals surface area contributed by atoms with Crippen molar-refractivity contribution in [2.75, 3.05) is 26.2 Å². The molecule has 0 saturated carbocycles. The minimum atomic E-state index is -1.51. The van der Waals surface area contributed by atoms with E-state index in [4.69, 9.17) is 10.6 Å². The van der Waals surface area contributed by atoms with Crippen molar-refractivity contribution in [2.24, 2.45) is 5.11 Å². The predicted octanol–water partition coefficient (Wildman–Crippen LogP) is 2.07. The van der Waals surface area contributed by atoms with Crippen LogP contribution in [-0.4, -0.2) is 119 Å². The summed E-state index contributed by atoms with van der Waals surface area (Å²) >= 11 is 0. The van der Waals surface area contributed by atoms with Gasteiger partial charge < -0.3 is 52.5 Å². The summed E-state index contributed by atoms with van der Waals surface area (Å²) < 4.78 is 0. The number of hydrogen-bond acceptors (Lipinski definition) is 10. The average molecular weight is 909 g/mol. The van der Waals surface area contributed by atoms with E-state index < -0.39 is 72.2 Å². The van der Waals surface area contributed by atoms with E-state index in [-0.39, 0.29) is 76.4 Å². The Morgan fingerprint density at radius 3 is 1.57 bits per heavy atom. The van der Waals surface area contributed by atoms with Gasteiger partial charge in [-0.1, -0.05) is 72.2 Å². The minimum absolute atomic E-state index is 0.00433. The minimum Gasteiger partial charge on any atom is -0.481 e. The monoisotopic (exact) mass is 908 g/mol. The number of benzene rings is 2. The molecule has 0 heterocycles. The zero-order valence-electron chi connectivity index (χ0n) is 36.2. The molecule has 0 aliphatic carbocycles. The molecule has 0 fully saturated rings. The molecule has 0 aromatic heterocycles. The van der Waals surface area contributed by atoms with E-state index in [1.165, 1.54) is 0 Å². The molecule has 0 saturated heterocycles. The largest absolute Gasteiger partial charge is 0.481 e. The first-order valence-corrected chi connectivity index (χ1v) is 21.4. The number of nitrogens with one attached hydrogen (secondary N) is 7. The third-order valence-corrected chi connectivity index (χ3v) is 9.72. The number of carbonyl (C=O) groups is 9. The van der Waals surface area contributed by atoms with Gasteiger partial charge in [-0.2, -0.15) is 0 Å². The highest BCUT2D eigenvalue weighted by Gasteiger charge is 2.28. The summed E-state index contributed by atoms with van der Waals surface area (Å²) in [7, 11) is 0. The van der Waals surface area contributed by atoms with E-state index in [1.807, 2.05) is 36.4 Å². The molecular weight excluding hydrogens is 849 g/mol. The van der Waals surface area contributed by atoms with Gasteiger partial charge in [0.25, 0.3) is 0 Å². The summed E-state index contributed by atoms with van der Waals surface area (Å²) in [5.74, 6) is -6.22. The second-order valence-electron chi connectivity index (χ2n) is 15.0. The fourth-order valence-corrected chi connectivity index (χ4v) is 6.25. The fourth-order valence-electron chi connectivity index (χ4n) is 6.25. The maximum absolute atomic E-state index is 13.7. The van der Waals surface area contributed by atoms with Gasteiger partial charge in [0, 0.05) is 69.6 Å². The van der Waals surface area contributed by atoms with E-state index >= 15 is 0 Å². The Hall–Kier alpha value is -7.22. The van der Waals surface area contributed by atoms with E-state index in [9.17, 15) is 53.4 Å². The maximum atomic E-state index is 13.7. The van der Waals surface area contributed by atoms with Crippen molar-refractivity contribution < 1.29 is 58.5 Å². The van der Waals surface area contributed by atoms with Gasteiger partial charge in [-0.25, -0.2) is 14.4 Å². The summed E-state index contributed by atoms with van der Waals surface area (Å²) in [5, 5.41) is 48.8. The van der Waals surface area contributed by atoms with Crippen LogP contribution in [0.2, 0.25) is 0 Å².